The lowest BCUT2D eigenvalue weighted by molar-refractivity contribution is -0.132. The van der Waals surface area contributed by atoms with Crippen molar-refractivity contribution in [1.82, 2.24) is 15.5 Å². The van der Waals surface area contributed by atoms with Crippen LogP contribution in [0.2, 0.25) is 5.02 Å². The Morgan fingerprint density at radius 1 is 1.15 bits per heavy atom. The van der Waals surface area contributed by atoms with Crippen molar-refractivity contribution < 1.29 is 14.3 Å². The number of hydrogen-bond donors (Lipinski definition) is 2. The van der Waals surface area contributed by atoms with Gasteiger partial charge in [-0.25, -0.2) is 0 Å². The van der Waals surface area contributed by atoms with Gasteiger partial charge in [0.1, 0.15) is 0 Å². The molecule has 1 aromatic carbocycles. The van der Waals surface area contributed by atoms with Gasteiger partial charge in [-0.05, 0) is 18.2 Å². The van der Waals surface area contributed by atoms with Crippen molar-refractivity contribution in [2.75, 3.05) is 64.4 Å². The molecule has 1 aromatic rings. The molecule has 10 heteroatoms. The van der Waals surface area contributed by atoms with Gasteiger partial charge in [-0.15, -0.1) is 24.8 Å². The fourth-order valence-electron chi connectivity index (χ4n) is 2.61. The number of piperazine rings is 1. The third kappa shape index (κ3) is 8.99. The number of anilines is 1. The van der Waals surface area contributed by atoms with Crippen LogP contribution in [0.15, 0.2) is 24.3 Å². The van der Waals surface area contributed by atoms with Crippen LogP contribution in [-0.2, 0) is 14.3 Å². The maximum Gasteiger partial charge on any atom is 0.242 e. The van der Waals surface area contributed by atoms with E-state index in [1.54, 1.807) is 12.0 Å². The maximum absolute atomic E-state index is 12.2. The van der Waals surface area contributed by atoms with E-state index < -0.39 is 0 Å². The molecular weight excluding hydrogens is 415 g/mol. The Balaban J connectivity index is 0.00000338. The molecule has 2 amide bonds. The first-order valence-corrected chi connectivity index (χ1v) is 8.72. The Morgan fingerprint density at radius 2 is 1.85 bits per heavy atom. The molecule has 1 aliphatic heterocycles. The Morgan fingerprint density at radius 3 is 2.48 bits per heavy atom. The lowest BCUT2D eigenvalue weighted by Gasteiger charge is -2.36. The minimum absolute atomic E-state index is 0. The highest BCUT2D eigenvalue weighted by molar-refractivity contribution is 6.30. The summed E-state index contributed by atoms with van der Waals surface area (Å²) in [6.07, 6.45) is 0. The van der Waals surface area contributed by atoms with Gasteiger partial charge < -0.3 is 25.2 Å². The van der Waals surface area contributed by atoms with Gasteiger partial charge in [0.05, 0.1) is 19.7 Å². The molecular formula is C17H27Cl3N4O3. The molecule has 0 bridgehead atoms. The predicted octanol–water partition coefficient (Wildman–Crippen LogP) is 1.18. The second-order valence-corrected chi connectivity index (χ2v) is 6.23. The standard InChI is InChI=1S/C17H25ClN4O3.2ClH/c1-25-10-5-19-12-16(23)20-13-17(24)22-8-6-21(7-9-22)15-4-2-3-14(18)11-15;;/h2-4,11,19H,5-10,12-13H2,1H3,(H,20,23);2*1H. The summed E-state index contributed by atoms with van der Waals surface area (Å²) in [4.78, 5) is 27.8. The number of amides is 2. The van der Waals surface area contributed by atoms with Crippen LogP contribution in [0.4, 0.5) is 5.69 Å². The second kappa shape index (κ2) is 13.8. The van der Waals surface area contributed by atoms with E-state index in [4.69, 9.17) is 16.3 Å². The Kier molecular flexibility index (Phi) is 13.2. The fraction of sp³-hybridized carbons (Fsp3) is 0.529. The van der Waals surface area contributed by atoms with Crippen LogP contribution in [0.3, 0.4) is 0 Å². The van der Waals surface area contributed by atoms with E-state index in [-0.39, 0.29) is 49.7 Å². The molecule has 1 aliphatic rings. The average molecular weight is 442 g/mol. The van der Waals surface area contributed by atoms with Gasteiger partial charge in [0.25, 0.3) is 0 Å². The summed E-state index contributed by atoms with van der Waals surface area (Å²) in [6.45, 7) is 4.12. The number of nitrogens with one attached hydrogen (secondary N) is 2. The Hall–Kier alpha value is -1.25. The van der Waals surface area contributed by atoms with E-state index in [1.807, 2.05) is 24.3 Å². The van der Waals surface area contributed by atoms with Crippen LogP contribution in [0.5, 0.6) is 0 Å². The molecule has 1 saturated heterocycles. The number of hydrogen-bond acceptors (Lipinski definition) is 5. The zero-order chi connectivity index (χ0) is 18.1. The highest BCUT2D eigenvalue weighted by Crippen LogP contribution is 2.20. The number of carbonyl (C=O) groups is 2. The zero-order valence-electron chi connectivity index (χ0n) is 15.3. The average Bonchev–Trinajstić information content (AvgIpc) is 2.63. The summed E-state index contributed by atoms with van der Waals surface area (Å²) in [5, 5.41) is 6.29. The molecule has 0 aliphatic carbocycles. The number of benzene rings is 1. The molecule has 2 N–H and O–H groups in total. The van der Waals surface area contributed by atoms with Crippen LogP contribution < -0.4 is 15.5 Å². The van der Waals surface area contributed by atoms with Crippen molar-refractivity contribution in [1.29, 1.82) is 0 Å². The van der Waals surface area contributed by atoms with Gasteiger partial charge in [0.15, 0.2) is 0 Å². The van der Waals surface area contributed by atoms with E-state index in [2.05, 4.69) is 15.5 Å². The molecule has 0 unspecified atom stereocenters. The molecule has 2 rings (SSSR count). The molecule has 0 aromatic heterocycles. The molecule has 27 heavy (non-hydrogen) atoms. The van der Waals surface area contributed by atoms with E-state index in [0.717, 1.165) is 18.8 Å². The van der Waals surface area contributed by atoms with Crippen LogP contribution in [0.1, 0.15) is 0 Å². The van der Waals surface area contributed by atoms with Gasteiger partial charge in [0, 0.05) is 50.5 Å². The van der Waals surface area contributed by atoms with Crippen molar-refractivity contribution in [3.63, 3.8) is 0 Å². The highest BCUT2D eigenvalue weighted by Gasteiger charge is 2.21. The van der Waals surface area contributed by atoms with E-state index in [9.17, 15) is 9.59 Å². The minimum Gasteiger partial charge on any atom is -0.383 e. The number of halogens is 3. The van der Waals surface area contributed by atoms with Crippen LogP contribution >= 0.6 is 36.4 Å². The van der Waals surface area contributed by atoms with Crippen LogP contribution in [0, 0.1) is 0 Å². The summed E-state index contributed by atoms with van der Waals surface area (Å²) in [6, 6.07) is 7.71. The first-order valence-electron chi connectivity index (χ1n) is 8.35. The normalized spacial score (nSPS) is 13.4. The van der Waals surface area contributed by atoms with Crippen molar-refractivity contribution in [3.8, 4) is 0 Å². The molecule has 7 nitrogen and oxygen atoms in total. The molecule has 0 spiro atoms. The summed E-state index contributed by atoms with van der Waals surface area (Å²) in [5.41, 5.74) is 1.06. The van der Waals surface area contributed by atoms with Crippen molar-refractivity contribution >= 4 is 53.9 Å². The third-order valence-electron chi connectivity index (χ3n) is 4.01. The predicted molar refractivity (Wildman–Crippen MR) is 112 cm³/mol. The van der Waals surface area contributed by atoms with E-state index >= 15 is 0 Å². The number of nitrogens with zero attached hydrogens (tertiary/aromatic N) is 2. The molecule has 1 fully saturated rings. The minimum atomic E-state index is -0.193. The SMILES string of the molecule is COCCNCC(=O)NCC(=O)N1CCN(c2cccc(Cl)c2)CC1.Cl.Cl. The van der Waals surface area contributed by atoms with E-state index in [0.29, 0.717) is 31.3 Å². The lowest BCUT2D eigenvalue weighted by atomic mass is 10.2. The molecule has 154 valence electrons. The highest BCUT2D eigenvalue weighted by atomic mass is 35.5. The van der Waals surface area contributed by atoms with Crippen molar-refractivity contribution in [2.45, 2.75) is 0 Å². The van der Waals surface area contributed by atoms with Crippen molar-refractivity contribution in [2.24, 2.45) is 0 Å². The third-order valence-corrected chi connectivity index (χ3v) is 4.25. The lowest BCUT2D eigenvalue weighted by Crippen LogP contribution is -2.51. The van der Waals surface area contributed by atoms with Crippen LogP contribution in [-0.4, -0.2) is 76.2 Å². The van der Waals surface area contributed by atoms with Gasteiger partial charge in [-0.1, -0.05) is 17.7 Å². The fourth-order valence-corrected chi connectivity index (χ4v) is 2.80. The first kappa shape index (κ1) is 25.8. The first-order chi connectivity index (χ1) is 12.1. The number of methoxy groups -OCH3 is 1. The molecule has 0 atom stereocenters. The van der Waals surface area contributed by atoms with Crippen molar-refractivity contribution in [3.05, 3.63) is 29.3 Å². The summed E-state index contributed by atoms with van der Waals surface area (Å²) in [5.74, 6) is -0.252. The topological polar surface area (TPSA) is 73.9 Å². The molecule has 0 saturated carbocycles. The number of rotatable bonds is 8. The largest absolute Gasteiger partial charge is 0.383 e. The van der Waals surface area contributed by atoms with Gasteiger partial charge in [-0.2, -0.15) is 0 Å². The summed E-state index contributed by atoms with van der Waals surface area (Å²) in [7, 11) is 1.60. The summed E-state index contributed by atoms with van der Waals surface area (Å²) < 4.78 is 4.88. The Labute approximate surface area is 177 Å². The maximum atomic E-state index is 12.2. The number of carbonyl (C=O) groups excluding carboxylic acids is 2. The molecule has 1 heterocycles. The summed E-state index contributed by atoms with van der Waals surface area (Å²) >= 11 is 6.02. The van der Waals surface area contributed by atoms with Gasteiger partial charge in [0.2, 0.25) is 11.8 Å². The smallest absolute Gasteiger partial charge is 0.242 e. The van der Waals surface area contributed by atoms with Gasteiger partial charge in [-0.3, -0.25) is 9.59 Å². The Bertz CT molecular complexity index is 584. The second-order valence-electron chi connectivity index (χ2n) is 5.79. The van der Waals surface area contributed by atoms with Crippen LogP contribution in [0.25, 0.3) is 0 Å². The molecule has 0 radical (unpaired) electrons. The monoisotopic (exact) mass is 440 g/mol. The quantitative estimate of drug-likeness (QED) is 0.593. The number of ether oxygens (including phenoxy) is 1. The van der Waals surface area contributed by atoms with Gasteiger partial charge >= 0.3 is 0 Å². The van der Waals surface area contributed by atoms with E-state index in [1.165, 1.54) is 0 Å². The zero-order valence-corrected chi connectivity index (χ0v) is 17.7.